The molecule has 3 nitrogen and oxygen atoms in total. The number of aliphatic hydroxyl groups is 1. The van der Waals surface area contributed by atoms with Crippen LogP contribution in [-0.4, -0.2) is 13.5 Å². The molecule has 0 radical (unpaired) electrons. The summed E-state index contributed by atoms with van der Waals surface area (Å²) in [5, 5.41) is 9.03. The molecule has 1 N–H and O–H groups in total. The molecule has 0 spiro atoms. The average Bonchev–Trinajstić information content (AvgIpc) is 2.62. The molecule has 0 aromatic heterocycles. The second-order valence-corrected chi connectivity index (χ2v) is 7.87. The molecular formula is C20H16F2O3S. The molecule has 26 heavy (non-hydrogen) atoms. The maximum absolute atomic E-state index is 13.8. The molecule has 134 valence electrons. The zero-order chi connectivity index (χ0) is 18.7. The van der Waals surface area contributed by atoms with Gasteiger partial charge in [-0.3, -0.25) is 0 Å². The summed E-state index contributed by atoms with van der Waals surface area (Å²) < 4.78 is 51.9. The van der Waals surface area contributed by atoms with Crippen LogP contribution >= 0.6 is 0 Å². The highest BCUT2D eigenvalue weighted by Crippen LogP contribution is 2.26. The van der Waals surface area contributed by atoms with E-state index in [0.717, 1.165) is 12.1 Å². The van der Waals surface area contributed by atoms with Crippen molar-refractivity contribution in [3.63, 3.8) is 0 Å². The standard InChI is InChI=1S/C20H16F2O3S/c21-17-7-10-19(20(22)11-17)16-5-8-18(9-6-16)26(24,25)13-15-3-1-14(12-23)2-4-15/h1-11,23H,12-13H2. The van der Waals surface area contributed by atoms with E-state index in [1.165, 1.54) is 30.3 Å². The number of sulfone groups is 1. The summed E-state index contributed by atoms with van der Waals surface area (Å²) in [7, 11) is -3.56. The molecule has 0 saturated heterocycles. The van der Waals surface area contributed by atoms with Gasteiger partial charge in [-0.2, -0.15) is 0 Å². The molecule has 0 unspecified atom stereocenters. The maximum Gasteiger partial charge on any atom is 0.182 e. The first-order chi connectivity index (χ1) is 12.4. The molecule has 3 aromatic rings. The molecule has 3 aromatic carbocycles. The fourth-order valence-electron chi connectivity index (χ4n) is 2.61. The molecule has 0 aliphatic rings. The van der Waals surface area contributed by atoms with E-state index in [2.05, 4.69) is 0 Å². The zero-order valence-electron chi connectivity index (χ0n) is 13.7. The molecule has 0 bridgehead atoms. The van der Waals surface area contributed by atoms with Gasteiger partial charge in [-0.25, -0.2) is 17.2 Å². The second kappa shape index (κ2) is 7.35. The Labute approximate surface area is 150 Å². The Morgan fingerprint density at radius 3 is 2.00 bits per heavy atom. The lowest BCUT2D eigenvalue weighted by Gasteiger charge is -2.08. The summed E-state index contributed by atoms with van der Waals surface area (Å²) in [6.45, 7) is -0.103. The van der Waals surface area contributed by atoms with Crippen LogP contribution in [0.25, 0.3) is 11.1 Å². The molecular weight excluding hydrogens is 358 g/mol. The maximum atomic E-state index is 13.8. The van der Waals surface area contributed by atoms with Gasteiger partial charge in [0.25, 0.3) is 0 Å². The Bertz CT molecular complexity index is 1010. The lowest BCUT2D eigenvalue weighted by atomic mass is 10.1. The number of hydrogen-bond donors (Lipinski definition) is 1. The molecule has 3 rings (SSSR count). The molecule has 0 fully saturated rings. The summed E-state index contributed by atoms with van der Waals surface area (Å²) >= 11 is 0. The minimum Gasteiger partial charge on any atom is -0.392 e. The molecule has 0 atom stereocenters. The van der Waals surface area contributed by atoms with Gasteiger partial charge in [0.1, 0.15) is 11.6 Å². The van der Waals surface area contributed by atoms with Crippen LogP contribution in [-0.2, 0) is 22.2 Å². The smallest absolute Gasteiger partial charge is 0.182 e. The van der Waals surface area contributed by atoms with Gasteiger partial charge in [-0.15, -0.1) is 0 Å². The lowest BCUT2D eigenvalue weighted by molar-refractivity contribution is 0.282. The molecule has 0 aliphatic heterocycles. The zero-order valence-corrected chi connectivity index (χ0v) is 14.5. The Kier molecular flexibility index (Phi) is 5.15. The number of halogens is 2. The minimum atomic E-state index is -3.56. The van der Waals surface area contributed by atoms with E-state index in [-0.39, 0.29) is 22.8 Å². The van der Waals surface area contributed by atoms with Gasteiger partial charge < -0.3 is 5.11 Å². The van der Waals surface area contributed by atoms with Crippen LogP contribution in [0.1, 0.15) is 11.1 Å². The number of benzene rings is 3. The van der Waals surface area contributed by atoms with Gasteiger partial charge in [0.05, 0.1) is 17.3 Å². The molecule has 6 heteroatoms. The van der Waals surface area contributed by atoms with Crippen molar-refractivity contribution in [3.8, 4) is 11.1 Å². The second-order valence-electron chi connectivity index (χ2n) is 5.88. The van der Waals surface area contributed by atoms with Gasteiger partial charge >= 0.3 is 0 Å². The van der Waals surface area contributed by atoms with E-state index in [9.17, 15) is 17.2 Å². The van der Waals surface area contributed by atoms with Gasteiger partial charge in [-0.05, 0) is 41.0 Å². The van der Waals surface area contributed by atoms with E-state index in [1.54, 1.807) is 24.3 Å². The van der Waals surface area contributed by atoms with E-state index in [1.807, 2.05) is 0 Å². The SMILES string of the molecule is O=S(=O)(Cc1ccc(CO)cc1)c1ccc(-c2ccc(F)cc2F)cc1. The summed E-state index contributed by atoms with van der Waals surface area (Å²) in [6.07, 6.45) is 0. The highest BCUT2D eigenvalue weighted by Gasteiger charge is 2.16. The van der Waals surface area contributed by atoms with Crippen molar-refractivity contribution < 1.29 is 22.3 Å². The first-order valence-corrected chi connectivity index (χ1v) is 9.51. The number of rotatable bonds is 5. The third-order valence-corrected chi connectivity index (χ3v) is 5.72. The van der Waals surface area contributed by atoms with E-state index < -0.39 is 21.5 Å². The molecule has 0 heterocycles. The Morgan fingerprint density at radius 1 is 0.808 bits per heavy atom. The third kappa shape index (κ3) is 3.98. The van der Waals surface area contributed by atoms with Crippen molar-refractivity contribution in [2.75, 3.05) is 0 Å². The van der Waals surface area contributed by atoms with Crippen LogP contribution in [0.5, 0.6) is 0 Å². The fourth-order valence-corrected chi connectivity index (χ4v) is 3.96. The van der Waals surface area contributed by atoms with Crippen molar-refractivity contribution >= 4 is 9.84 Å². The average molecular weight is 374 g/mol. The first-order valence-electron chi connectivity index (χ1n) is 7.86. The van der Waals surface area contributed by atoms with Gasteiger partial charge in [0.2, 0.25) is 0 Å². The normalized spacial score (nSPS) is 11.5. The molecule has 0 amide bonds. The van der Waals surface area contributed by atoms with Crippen LogP contribution in [0.15, 0.2) is 71.6 Å². The predicted molar refractivity (Wildman–Crippen MR) is 95.0 cm³/mol. The van der Waals surface area contributed by atoms with Crippen molar-refractivity contribution in [2.45, 2.75) is 17.3 Å². The van der Waals surface area contributed by atoms with Crippen molar-refractivity contribution in [1.29, 1.82) is 0 Å². The topological polar surface area (TPSA) is 54.4 Å². The van der Waals surface area contributed by atoms with Crippen molar-refractivity contribution in [1.82, 2.24) is 0 Å². The summed E-state index contributed by atoms with van der Waals surface area (Å²) in [5.74, 6) is -1.55. The van der Waals surface area contributed by atoms with Crippen molar-refractivity contribution in [2.24, 2.45) is 0 Å². The van der Waals surface area contributed by atoms with E-state index in [0.29, 0.717) is 16.7 Å². The number of aliphatic hydroxyl groups excluding tert-OH is 1. The Morgan fingerprint density at radius 2 is 1.42 bits per heavy atom. The fraction of sp³-hybridized carbons (Fsp3) is 0.100. The first kappa shape index (κ1) is 18.2. The number of hydrogen-bond acceptors (Lipinski definition) is 3. The Hall–Kier alpha value is -2.57. The van der Waals surface area contributed by atoms with Gasteiger partial charge in [-0.1, -0.05) is 36.4 Å². The van der Waals surface area contributed by atoms with E-state index in [4.69, 9.17) is 5.11 Å². The summed E-state index contributed by atoms with van der Waals surface area (Å²) in [6, 6.07) is 15.7. The summed E-state index contributed by atoms with van der Waals surface area (Å²) in [5.41, 5.74) is 1.98. The highest BCUT2D eigenvalue weighted by molar-refractivity contribution is 7.90. The van der Waals surface area contributed by atoms with Crippen LogP contribution in [0, 0.1) is 11.6 Å². The van der Waals surface area contributed by atoms with E-state index >= 15 is 0 Å². The van der Waals surface area contributed by atoms with Crippen LogP contribution in [0.4, 0.5) is 8.78 Å². The minimum absolute atomic E-state index is 0.103. The quantitative estimate of drug-likeness (QED) is 0.732. The highest BCUT2D eigenvalue weighted by atomic mass is 32.2. The predicted octanol–water partition coefficient (Wildman–Crippen LogP) is 4.10. The largest absolute Gasteiger partial charge is 0.392 e. The van der Waals surface area contributed by atoms with Crippen LogP contribution in [0.3, 0.4) is 0 Å². The monoisotopic (exact) mass is 374 g/mol. The summed E-state index contributed by atoms with van der Waals surface area (Å²) in [4.78, 5) is 0.120. The van der Waals surface area contributed by atoms with Crippen LogP contribution in [0.2, 0.25) is 0 Å². The molecule has 0 aliphatic carbocycles. The molecule has 0 saturated carbocycles. The van der Waals surface area contributed by atoms with Gasteiger partial charge in [0.15, 0.2) is 9.84 Å². The van der Waals surface area contributed by atoms with Crippen LogP contribution < -0.4 is 0 Å². The van der Waals surface area contributed by atoms with Gasteiger partial charge in [0, 0.05) is 11.6 Å². The lowest BCUT2D eigenvalue weighted by Crippen LogP contribution is -2.05. The Balaban J connectivity index is 1.84. The van der Waals surface area contributed by atoms with Crippen molar-refractivity contribution in [3.05, 3.63) is 89.5 Å². The third-order valence-electron chi connectivity index (χ3n) is 4.02.